The molecule has 11 aromatic carbocycles. The van der Waals surface area contributed by atoms with Crippen LogP contribution in [0.4, 0.5) is 22.7 Å². The van der Waals surface area contributed by atoms with Crippen molar-refractivity contribution in [1.82, 2.24) is 14.1 Å². The van der Waals surface area contributed by atoms with Crippen LogP contribution in [0.25, 0.3) is 99.6 Å². The number of fused-ring (bicyclic) bond motifs is 7. The van der Waals surface area contributed by atoms with Crippen LogP contribution in [0.5, 0.6) is 11.5 Å². The second kappa shape index (κ2) is 20.7. The van der Waals surface area contributed by atoms with Crippen molar-refractivity contribution in [3.05, 3.63) is 290 Å². The number of nitrogens with zero attached hydrogens (tertiary/aromatic N) is 5. The third-order valence-corrected chi connectivity index (χ3v) is 15.9. The molecule has 0 amide bonds. The maximum Gasteiger partial charge on any atom is 0.136 e. The van der Waals surface area contributed by atoms with Crippen LogP contribution in [-0.2, 0) is 21.1 Å². The van der Waals surface area contributed by atoms with E-state index in [1.807, 2.05) is 24.4 Å². The van der Waals surface area contributed by atoms with E-state index < -0.39 is 0 Å². The van der Waals surface area contributed by atoms with Gasteiger partial charge in [0.25, 0.3) is 0 Å². The Balaban J connectivity index is 0.00000602. The number of ether oxygens (including phenoxy) is 1. The first-order chi connectivity index (χ1) is 39.9. The molecule has 82 heavy (non-hydrogen) atoms. The zero-order valence-corrected chi connectivity index (χ0v) is 47.6. The van der Waals surface area contributed by atoms with Gasteiger partial charge in [-0.25, -0.2) is 4.98 Å². The van der Waals surface area contributed by atoms with Gasteiger partial charge in [0.05, 0.1) is 11.0 Å². The monoisotopic (exact) mass is 1230 g/mol. The Labute approximate surface area is 491 Å². The van der Waals surface area contributed by atoms with Crippen molar-refractivity contribution in [3.63, 3.8) is 0 Å². The first-order valence-electron chi connectivity index (χ1n) is 27.5. The molecular formula is C75H52N5OPt-3. The molecule has 0 N–H and O–H groups in total. The number of benzene rings is 11. The second-order valence-electron chi connectivity index (χ2n) is 21.1. The molecule has 0 unspecified atom stereocenters. The van der Waals surface area contributed by atoms with Crippen LogP contribution in [0.2, 0.25) is 0 Å². The van der Waals surface area contributed by atoms with Crippen LogP contribution in [-0.4, -0.2) is 14.1 Å². The third kappa shape index (κ3) is 8.75. The van der Waals surface area contributed by atoms with Gasteiger partial charge in [-0.15, -0.1) is 48.1 Å². The molecule has 0 atom stereocenters. The average Bonchev–Trinajstić information content (AvgIpc) is 4.26. The van der Waals surface area contributed by atoms with Crippen molar-refractivity contribution in [3.8, 4) is 67.5 Å². The molecule has 6 nitrogen and oxygen atoms in total. The van der Waals surface area contributed by atoms with E-state index in [9.17, 15) is 0 Å². The maximum absolute atomic E-state index is 6.85. The molecule has 14 aromatic rings. The summed E-state index contributed by atoms with van der Waals surface area (Å²) < 4.78 is 11.4. The quantitative estimate of drug-likeness (QED) is 0.128. The number of hydrogen-bond donors (Lipinski definition) is 0. The maximum atomic E-state index is 6.85. The van der Waals surface area contributed by atoms with E-state index in [2.05, 4.69) is 289 Å². The van der Waals surface area contributed by atoms with Gasteiger partial charge in [-0.3, -0.25) is 0 Å². The summed E-state index contributed by atoms with van der Waals surface area (Å²) in [4.78, 5) is 9.70. The van der Waals surface area contributed by atoms with E-state index in [1.165, 1.54) is 38.5 Å². The Morgan fingerprint density at radius 3 is 1.62 bits per heavy atom. The minimum absolute atomic E-state index is 0. The number of aryl methyl sites for hydroxylation is 3. The van der Waals surface area contributed by atoms with Gasteiger partial charge in [-0.1, -0.05) is 187 Å². The molecule has 0 aliphatic carbocycles. The van der Waals surface area contributed by atoms with E-state index in [-0.39, 0.29) is 21.1 Å². The van der Waals surface area contributed by atoms with E-state index in [4.69, 9.17) is 9.72 Å². The van der Waals surface area contributed by atoms with Gasteiger partial charge in [-0.2, -0.15) is 12.1 Å². The van der Waals surface area contributed by atoms with Crippen molar-refractivity contribution >= 4 is 66.4 Å². The SMILES string of the molecule is Cc1cc(C)cc(-c2ccc3c(c2)N(c2[c-]c(Oc4[c-]c5c(cc4)c4ccccc4n5-c4cc(-c5ccc(-n6c7ccccc7c7ccccc76)cc5)c(C)cn4)ccc2)[CH-]N3c2c(-c3ccccc3)cccc2-c2ccccc2)c1.[Pt]. The van der Waals surface area contributed by atoms with Gasteiger partial charge in [-0.05, 0) is 114 Å². The molecule has 0 radical (unpaired) electrons. The number of aromatic nitrogens is 3. The van der Waals surface area contributed by atoms with Gasteiger partial charge in [0.1, 0.15) is 5.82 Å². The van der Waals surface area contributed by atoms with Crippen LogP contribution in [0.1, 0.15) is 16.7 Å². The summed E-state index contributed by atoms with van der Waals surface area (Å²) in [6.45, 7) is 8.67. The van der Waals surface area contributed by atoms with E-state index >= 15 is 0 Å². The molecular weight excluding hydrogens is 1180 g/mol. The van der Waals surface area contributed by atoms with Crippen LogP contribution < -0.4 is 14.5 Å². The minimum Gasteiger partial charge on any atom is -0.509 e. The summed E-state index contributed by atoms with van der Waals surface area (Å²) >= 11 is 0. The number of hydrogen-bond acceptors (Lipinski definition) is 4. The molecule has 0 saturated carbocycles. The van der Waals surface area contributed by atoms with Gasteiger partial charge >= 0.3 is 0 Å². The van der Waals surface area contributed by atoms with Gasteiger partial charge < -0.3 is 23.7 Å². The van der Waals surface area contributed by atoms with Crippen LogP contribution in [0.15, 0.2) is 255 Å². The average molecular weight is 1230 g/mol. The number of pyridine rings is 1. The van der Waals surface area contributed by atoms with Crippen molar-refractivity contribution in [2.24, 2.45) is 0 Å². The van der Waals surface area contributed by atoms with E-state index in [1.54, 1.807) is 0 Å². The predicted octanol–water partition coefficient (Wildman–Crippen LogP) is 19.7. The van der Waals surface area contributed by atoms with Crippen LogP contribution in [0.3, 0.4) is 0 Å². The summed E-state index contributed by atoms with van der Waals surface area (Å²) in [6, 6.07) is 96.1. The molecule has 396 valence electrons. The Kier molecular flexibility index (Phi) is 12.8. The van der Waals surface area contributed by atoms with Crippen LogP contribution in [0, 0.1) is 39.6 Å². The first kappa shape index (κ1) is 50.5. The first-order valence-corrected chi connectivity index (χ1v) is 27.5. The number of rotatable bonds is 10. The molecule has 15 rings (SSSR count). The van der Waals surface area contributed by atoms with E-state index in [0.717, 1.165) is 101 Å². The Hall–Kier alpha value is -9.74. The summed E-state index contributed by atoms with van der Waals surface area (Å²) in [5.74, 6) is 1.94. The largest absolute Gasteiger partial charge is 0.509 e. The predicted molar refractivity (Wildman–Crippen MR) is 335 cm³/mol. The third-order valence-electron chi connectivity index (χ3n) is 15.9. The van der Waals surface area contributed by atoms with Crippen molar-refractivity contribution in [1.29, 1.82) is 0 Å². The zero-order chi connectivity index (χ0) is 54.1. The molecule has 4 heterocycles. The van der Waals surface area contributed by atoms with Gasteiger partial charge in [0.15, 0.2) is 0 Å². The number of para-hydroxylation sites is 4. The smallest absolute Gasteiger partial charge is 0.136 e. The summed E-state index contributed by atoms with van der Waals surface area (Å²) in [7, 11) is 0. The molecule has 0 bridgehead atoms. The summed E-state index contributed by atoms with van der Waals surface area (Å²) in [6.07, 6.45) is 1.98. The fourth-order valence-corrected chi connectivity index (χ4v) is 12.2. The molecule has 0 spiro atoms. The summed E-state index contributed by atoms with van der Waals surface area (Å²) in [5.41, 5.74) is 22.0. The zero-order valence-electron chi connectivity index (χ0n) is 45.3. The fourth-order valence-electron chi connectivity index (χ4n) is 12.2. The Morgan fingerprint density at radius 1 is 0.402 bits per heavy atom. The Bertz CT molecular complexity index is 4620. The van der Waals surface area contributed by atoms with Crippen molar-refractivity contribution < 1.29 is 25.8 Å². The van der Waals surface area contributed by atoms with Crippen molar-refractivity contribution in [2.45, 2.75) is 20.8 Å². The molecule has 3 aromatic heterocycles. The Morgan fingerprint density at radius 2 is 0.963 bits per heavy atom. The van der Waals surface area contributed by atoms with Gasteiger partial charge in [0.2, 0.25) is 0 Å². The minimum atomic E-state index is 0. The van der Waals surface area contributed by atoms with Crippen molar-refractivity contribution in [2.75, 3.05) is 9.80 Å². The van der Waals surface area contributed by atoms with E-state index in [0.29, 0.717) is 11.5 Å². The molecule has 7 heteroatoms. The molecule has 1 aliphatic heterocycles. The molecule has 1 aliphatic rings. The van der Waals surface area contributed by atoms with Gasteiger partial charge in [0, 0.05) is 88.9 Å². The molecule has 0 saturated heterocycles. The molecule has 0 fully saturated rings. The van der Waals surface area contributed by atoms with Crippen LogP contribution >= 0.6 is 0 Å². The second-order valence-corrected chi connectivity index (χ2v) is 21.1. The normalized spacial score (nSPS) is 12.1. The topological polar surface area (TPSA) is 38.5 Å². The standard InChI is InChI=1S/C75H52N5O.Pt/c1-49-40-50(2)42-56(41-49)55-34-39-71-73(43-55)77(48-78(71)75-61(52-18-6-4-7-19-52)27-17-28-62(75)53-20-8-5-9-21-53)58-22-16-23-59(44-58)81-60-37-38-66-65-26-12-15-31-70(65)80(72(66)45-60)74-46-67(51(3)47-76-74)54-32-35-57(36-33-54)79-68-29-13-10-24-63(68)64-25-11-14-30-69(64)79;/h4-43,46-48H,1-3H3;/q-3;. The number of anilines is 4. The summed E-state index contributed by atoms with van der Waals surface area (Å²) in [5, 5.41) is 4.66. The fraction of sp³-hybridized carbons (Fsp3) is 0.0400.